The fourth-order valence-electron chi connectivity index (χ4n) is 2.61. The van der Waals surface area contributed by atoms with Crippen LogP contribution in [0.3, 0.4) is 0 Å². The first-order chi connectivity index (χ1) is 14.1. The minimum Gasteiger partial charge on any atom is -1.00 e. The molecule has 154 valence electrons. The van der Waals surface area contributed by atoms with Crippen LogP contribution in [-0.4, -0.2) is 30.1 Å². The van der Waals surface area contributed by atoms with Crippen LogP contribution in [0, 0.1) is 0 Å². The first-order valence-electron chi connectivity index (χ1n) is 8.84. The maximum atomic E-state index is 12.4. The zero-order valence-electron chi connectivity index (χ0n) is 16.2. The molecule has 0 unspecified atom stereocenters. The van der Waals surface area contributed by atoms with Gasteiger partial charge in [-0.2, -0.15) is 9.67 Å². The Labute approximate surface area is 184 Å². The van der Waals surface area contributed by atoms with E-state index >= 15 is 0 Å². The Hall–Kier alpha value is -3.52. The Morgan fingerprint density at radius 3 is 2.50 bits per heavy atom. The minimum absolute atomic E-state index is 0. The predicted octanol–water partition coefficient (Wildman–Crippen LogP) is -0.661. The quantitative estimate of drug-likeness (QED) is 0.208. The maximum absolute atomic E-state index is 12.4. The van der Waals surface area contributed by atoms with Gasteiger partial charge in [-0.25, -0.2) is 5.43 Å². The van der Waals surface area contributed by atoms with Crippen LogP contribution in [0.5, 0.6) is 11.5 Å². The molecule has 1 heterocycles. The van der Waals surface area contributed by atoms with Gasteiger partial charge in [0.2, 0.25) is 12.3 Å². The number of methoxy groups -OCH3 is 1. The van der Waals surface area contributed by atoms with Crippen LogP contribution in [0.1, 0.15) is 26.3 Å². The van der Waals surface area contributed by atoms with Crippen LogP contribution in [-0.2, 0) is 6.54 Å². The third kappa shape index (κ3) is 5.99. The second-order valence-corrected chi connectivity index (χ2v) is 6.17. The van der Waals surface area contributed by atoms with Gasteiger partial charge in [-0.05, 0) is 42.5 Å². The van der Waals surface area contributed by atoms with Gasteiger partial charge >= 0.3 is 0 Å². The normalized spacial score (nSPS) is 10.3. The molecule has 0 aliphatic rings. The van der Waals surface area contributed by atoms with Crippen molar-refractivity contribution in [2.45, 2.75) is 6.54 Å². The number of benzene rings is 2. The number of pyridine rings is 1. The van der Waals surface area contributed by atoms with Gasteiger partial charge in [0.15, 0.2) is 12.4 Å². The van der Waals surface area contributed by atoms with E-state index < -0.39 is 5.91 Å². The number of Topliss-reactive ketones (excluding diaryl/α,β-unsaturated/α-hetero) is 1. The van der Waals surface area contributed by atoms with Crippen molar-refractivity contribution in [3.05, 3.63) is 89.7 Å². The highest BCUT2D eigenvalue weighted by Gasteiger charge is 2.15. The summed E-state index contributed by atoms with van der Waals surface area (Å²) in [5.74, 6) is 0.230. The van der Waals surface area contributed by atoms with Gasteiger partial charge < -0.3 is 26.8 Å². The highest BCUT2D eigenvalue weighted by molar-refractivity contribution is 5.96. The Balaban J connectivity index is 0.00000320. The summed E-state index contributed by atoms with van der Waals surface area (Å²) in [7, 11) is 1.57. The maximum Gasteiger partial charge on any atom is 0.277 e. The molecule has 0 atom stereocenters. The largest absolute Gasteiger partial charge is 1.00 e. The number of carbonyl (C=O) groups excluding carboxylic acids is 2. The van der Waals surface area contributed by atoms with Gasteiger partial charge in [0.25, 0.3) is 5.91 Å². The molecule has 0 spiro atoms. The van der Waals surface area contributed by atoms with E-state index in [2.05, 4.69) is 10.5 Å². The van der Waals surface area contributed by atoms with Crippen molar-refractivity contribution in [2.24, 2.45) is 5.10 Å². The number of phenolic OH excluding ortho intramolecular Hbond substituents is 1. The summed E-state index contributed by atoms with van der Waals surface area (Å²) in [6.45, 7) is 0.0919. The molecule has 7 nitrogen and oxygen atoms in total. The summed E-state index contributed by atoms with van der Waals surface area (Å²) in [5.41, 5.74) is 3.80. The number of hydrogen-bond acceptors (Lipinski definition) is 5. The van der Waals surface area contributed by atoms with E-state index in [-0.39, 0.29) is 35.1 Å². The molecule has 1 amide bonds. The Bertz CT molecular complexity index is 1050. The van der Waals surface area contributed by atoms with E-state index in [1.54, 1.807) is 78.7 Å². The number of hydrogen-bond donors (Lipinski definition) is 2. The van der Waals surface area contributed by atoms with Crippen molar-refractivity contribution in [1.29, 1.82) is 0 Å². The lowest BCUT2D eigenvalue weighted by Gasteiger charge is -2.02. The lowest BCUT2D eigenvalue weighted by molar-refractivity contribution is -0.683. The Kier molecular flexibility index (Phi) is 8.25. The smallest absolute Gasteiger partial charge is 0.277 e. The number of phenols is 1. The highest BCUT2D eigenvalue weighted by Crippen LogP contribution is 2.13. The van der Waals surface area contributed by atoms with Gasteiger partial charge in [-0.1, -0.05) is 12.1 Å². The number of para-hydroxylation sites is 1. The Morgan fingerprint density at radius 1 is 1.07 bits per heavy atom. The van der Waals surface area contributed by atoms with Gasteiger partial charge in [0, 0.05) is 17.2 Å². The number of aromatic hydroxyl groups is 1. The van der Waals surface area contributed by atoms with E-state index in [4.69, 9.17) is 4.74 Å². The van der Waals surface area contributed by atoms with Crippen molar-refractivity contribution in [2.75, 3.05) is 7.11 Å². The van der Waals surface area contributed by atoms with Gasteiger partial charge in [-0.3, -0.25) is 9.59 Å². The monoisotopic (exact) mass is 469 g/mol. The molecule has 3 rings (SSSR count). The number of nitrogens with one attached hydrogen (secondary N) is 1. The summed E-state index contributed by atoms with van der Waals surface area (Å²) in [4.78, 5) is 24.7. The number of ether oxygens (including phenoxy) is 1. The first kappa shape index (κ1) is 22.8. The fourth-order valence-corrected chi connectivity index (χ4v) is 2.61. The predicted molar refractivity (Wildman–Crippen MR) is 107 cm³/mol. The summed E-state index contributed by atoms with van der Waals surface area (Å²) in [6.07, 6.45) is 4.65. The standard InChI is InChI=1S/C22H19N3O4.BrH/c1-29-19-10-8-16(9-11-19)21(27)15-25-12-4-6-18(14-25)22(28)24-23-13-17-5-2-3-7-20(17)26;/h2-14H,15H2,1H3,(H-,23,24,26,28);1H. The summed E-state index contributed by atoms with van der Waals surface area (Å²) in [5, 5.41) is 13.6. The lowest BCUT2D eigenvalue weighted by Crippen LogP contribution is -3.00. The number of carbonyl (C=O) groups is 2. The zero-order valence-corrected chi connectivity index (χ0v) is 17.7. The number of halogens is 1. The Morgan fingerprint density at radius 2 is 1.80 bits per heavy atom. The molecule has 0 saturated heterocycles. The molecule has 30 heavy (non-hydrogen) atoms. The van der Waals surface area contributed by atoms with Crippen LogP contribution in [0.2, 0.25) is 0 Å². The van der Waals surface area contributed by atoms with E-state index in [0.29, 0.717) is 22.4 Å². The van der Waals surface area contributed by atoms with Crippen LogP contribution in [0.15, 0.2) is 78.2 Å². The number of amides is 1. The van der Waals surface area contributed by atoms with Crippen molar-refractivity contribution < 1.29 is 41.0 Å². The summed E-state index contributed by atoms with van der Waals surface area (Å²) < 4.78 is 6.72. The number of rotatable bonds is 7. The molecule has 8 heteroatoms. The molecule has 1 aromatic heterocycles. The summed E-state index contributed by atoms with van der Waals surface area (Å²) in [6, 6.07) is 16.8. The molecule has 2 aromatic carbocycles. The van der Waals surface area contributed by atoms with Crippen LogP contribution in [0.25, 0.3) is 0 Å². The number of nitrogens with zero attached hydrogens (tertiary/aromatic N) is 2. The van der Waals surface area contributed by atoms with E-state index in [1.165, 1.54) is 12.3 Å². The SMILES string of the molecule is COc1ccc(C(=O)C[n+]2cccc(C(=O)N/N=C/c3ccccc3O)c2)cc1.[Br-]. The molecule has 2 N–H and O–H groups in total. The minimum atomic E-state index is -0.428. The van der Waals surface area contributed by atoms with E-state index in [0.717, 1.165) is 0 Å². The van der Waals surface area contributed by atoms with Crippen molar-refractivity contribution >= 4 is 17.9 Å². The molecular formula is C22H20BrN3O4. The molecule has 0 fully saturated rings. The van der Waals surface area contributed by atoms with Crippen LogP contribution < -0.4 is 31.7 Å². The lowest BCUT2D eigenvalue weighted by atomic mass is 10.1. The highest BCUT2D eigenvalue weighted by atomic mass is 79.9. The average Bonchev–Trinajstić information content (AvgIpc) is 2.75. The van der Waals surface area contributed by atoms with Crippen LogP contribution in [0.4, 0.5) is 0 Å². The first-order valence-corrected chi connectivity index (χ1v) is 8.84. The second kappa shape index (κ2) is 10.9. The van der Waals surface area contributed by atoms with Gasteiger partial charge in [-0.15, -0.1) is 0 Å². The van der Waals surface area contributed by atoms with E-state index in [1.807, 2.05) is 0 Å². The topological polar surface area (TPSA) is 91.9 Å². The molecule has 3 aromatic rings. The van der Waals surface area contributed by atoms with Crippen molar-refractivity contribution in [1.82, 2.24) is 5.43 Å². The molecule has 0 bridgehead atoms. The third-order valence-corrected chi connectivity index (χ3v) is 4.17. The van der Waals surface area contributed by atoms with Crippen molar-refractivity contribution in [3.63, 3.8) is 0 Å². The van der Waals surface area contributed by atoms with Crippen molar-refractivity contribution in [3.8, 4) is 11.5 Å². The molecule has 0 radical (unpaired) electrons. The third-order valence-electron chi connectivity index (χ3n) is 4.17. The molecule has 0 aliphatic heterocycles. The van der Waals surface area contributed by atoms with E-state index in [9.17, 15) is 14.7 Å². The van der Waals surface area contributed by atoms with Crippen LogP contribution >= 0.6 is 0 Å². The second-order valence-electron chi connectivity index (χ2n) is 6.17. The molecule has 0 aliphatic carbocycles. The number of aromatic nitrogens is 1. The van der Waals surface area contributed by atoms with Gasteiger partial charge in [0.05, 0.1) is 13.3 Å². The van der Waals surface area contributed by atoms with Gasteiger partial charge in [0.1, 0.15) is 17.1 Å². The zero-order chi connectivity index (χ0) is 20.6. The molecular weight excluding hydrogens is 450 g/mol. The number of hydrazone groups is 1. The fraction of sp³-hybridized carbons (Fsp3) is 0.0909. The summed E-state index contributed by atoms with van der Waals surface area (Å²) >= 11 is 0. The number of ketones is 1. The molecule has 0 saturated carbocycles. The average molecular weight is 470 g/mol.